The highest BCUT2D eigenvalue weighted by molar-refractivity contribution is 5.70. The Labute approximate surface area is 289 Å². The van der Waals surface area contributed by atoms with Gasteiger partial charge in [-0.05, 0) is 43.0 Å². The van der Waals surface area contributed by atoms with Crippen molar-refractivity contribution in [3.8, 4) is 0 Å². The van der Waals surface area contributed by atoms with E-state index in [4.69, 9.17) is 23.7 Å². The number of piperidine rings is 1. The van der Waals surface area contributed by atoms with Crippen LogP contribution in [0.25, 0.3) is 0 Å². The SMILES string of the molecule is CC(C)(C)OC(=O)N1C[C@H](NC(=O)OCc2ccccc2)[C@H](OCc2ccccc2)[C@@H](OCc2ccccc2)[C@H]1COCc1ccccc1. The monoisotopic (exact) mass is 666 g/mol. The quantitative estimate of drug-likeness (QED) is 0.160. The summed E-state index contributed by atoms with van der Waals surface area (Å²) in [7, 11) is 0. The van der Waals surface area contributed by atoms with Crippen LogP contribution in [-0.2, 0) is 50.1 Å². The molecule has 0 saturated carbocycles. The van der Waals surface area contributed by atoms with Gasteiger partial charge in [-0.1, -0.05) is 121 Å². The first-order valence-electron chi connectivity index (χ1n) is 16.6. The molecule has 9 nitrogen and oxygen atoms in total. The lowest BCUT2D eigenvalue weighted by Crippen LogP contribution is -2.69. The molecule has 5 rings (SSSR count). The van der Waals surface area contributed by atoms with E-state index in [2.05, 4.69) is 5.32 Å². The van der Waals surface area contributed by atoms with Gasteiger partial charge in [-0.3, -0.25) is 4.90 Å². The summed E-state index contributed by atoms with van der Waals surface area (Å²) in [5.41, 5.74) is 3.01. The maximum Gasteiger partial charge on any atom is 0.410 e. The zero-order chi connectivity index (χ0) is 34.5. The van der Waals surface area contributed by atoms with E-state index in [1.54, 1.807) is 4.90 Å². The summed E-state index contributed by atoms with van der Waals surface area (Å²) in [6.07, 6.45) is -2.58. The Morgan fingerprint density at radius 2 is 1.10 bits per heavy atom. The third kappa shape index (κ3) is 11.2. The topological polar surface area (TPSA) is 95.6 Å². The molecule has 0 bridgehead atoms. The Hall–Kier alpha value is -4.70. The summed E-state index contributed by atoms with van der Waals surface area (Å²) < 4.78 is 31.1. The molecule has 9 heteroatoms. The number of likely N-dealkylation sites (tertiary alicyclic amines) is 1. The predicted molar refractivity (Wildman–Crippen MR) is 186 cm³/mol. The molecule has 1 heterocycles. The van der Waals surface area contributed by atoms with Crippen molar-refractivity contribution in [2.75, 3.05) is 13.2 Å². The molecule has 1 aliphatic heterocycles. The first-order valence-corrected chi connectivity index (χ1v) is 16.6. The minimum atomic E-state index is -0.759. The van der Waals surface area contributed by atoms with E-state index in [0.717, 1.165) is 22.3 Å². The average Bonchev–Trinajstić information content (AvgIpc) is 3.10. The molecule has 0 aliphatic carbocycles. The molecule has 0 unspecified atom stereocenters. The van der Waals surface area contributed by atoms with Gasteiger partial charge in [0.25, 0.3) is 0 Å². The van der Waals surface area contributed by atoms with Gasteiger partial charge in [0, 0.05) is 6.54 Å². The normalized spacial score (nSPS) is 19.2. The third-order valence-corrected chi connectivity index (χ3v) is 8.01. The zero-order valence-electron chi connectivity index (χ0n) is 28.4. The minimum Gasteiger partial charge on any atom is -0.445 e. The van der Waals surface area contributed by atoms with Crippen molar-refractivity contribution in [1.29, 1.82) is 0 Å². The highest BCUT2D eigenvalue weighted by Crippen LogP contribution is 2.29. The van der Waals surface area contributed by atoms with Crippen molar-refractivity contribution in [1.82, 2.24) is 10.2 Å². The van der Waals surface area contributed by atoms with Gasteiger partial charge in [-0.2, -0.15) is 0 Å². The van der Waals surface area contributed by atoms with Gasteiger partial charge >= 0.3 is 12.2 Å². The van der Waals surface area contributed by atoms with Crippen LogP contribution in [0.15, 0.2) is 121 Å². The maximum absolute atomic E-state index is 13.9. The van der Waals surface area contributed by atoms with Gasteiger partial charge in [0.05, 0.1) is 38.5 Å². The second-order valence-corrected chi connectivity index (χ2v) is 13.0. The summed E-state index contributed by atoms with van der Waals surface area (Å²) in [4.78, 5) is 28.8. The standard InChI is InChI=1S/C40H46N2O7/c1-40(2,3)49-39(44)42-24-34(41-38(43)48-28-33-22-14-7-15-23-33)36(46-26-31-18-10-5-11-19-31)37(47-27-32-20-12-6-13-21-32)35(42)29-45-25-30-16-8-4-9-17-30/h4-23,34-37H,24-29H2,1-3H3,(H,41,43)/t34-,35+,36-,37-/m0/s1. The number of hydrogen-bond acceptors (Lipinski definition) is 7. The van der Waals surface area contributed by atoms with Crippen LogP contribution in [0.2, 0.25) is 0 Å². The number of ether oxygens (including phenoxy) is 5. The van der Waals surface area contributed by atoms with E-state index in [0.29, 0.717) is 6.61 Å². The van der Waals surface area contributed by atoms with Crippen LogP contribution in [0.5, 0.6) is 0 Å². The molecule has 0 aromatic heterocycles. The number of nitrogens with one attached hydrogen (secondary N) is 1. The predicted octanol–water partition coefficient (Wildman–Crippen LogP) is 7.29. The Morgan fingerprint density at radius 3 is 1.59 bits per heavy atom. The van der Waals surface area contributed by atoms with Crippen molar-refractivity contribution in [3.63, 3.8) is 0 Å². The number of carbonyl (C=O) groups is 2. The van der Waals surface area contributed by atoms with Crippen molar-refractivity contribution in [3.05, 3.63) is 144 Å². The summed E-state index contributed by atoms with van der Waals surface area (Å²) in [5, 5.41) is 3.00. The van der Waals surface area contributed by atoms with Gasteiger partial charge in [-0.25, -0.2) is 9.59 Å². The molecule has 4 aromatic rings. The second kappa shape index (κ2) is 17.6. The first kappa shape index (κ1) is 35.6. The van der Waals surface area contributed by atoms with Crippen LogP contribution in [0.4, 0.5) is 9.59 Å². The smallest absolute Gasteiger partial charge is 0.410 e. The third-order valence-electron chi connectivity index (χ3n) is 8.01. The van der Waals surface area contributed by atoms with Gasteiger partial charge in [0.1, 0.15) is 24.4 Å². The van der Waals surface area contributed by atoms with Crippen LogP contribution in [0, 0.1) is 0 Å². The molecule has 4 atom stereocenters. The molecular formula is C40H46N2O7. The summed E-state index contributed by atoms with van der Waals surface area (Å²) in [6.45, 7) is 6.63. The number of nitrogens with zero attached hydrogens (tertiary/aromatic N) is 1. The lowest BCUT2D eigenvalue weighted by atomic mass is 9.92. The molecule has 49 heavy (non-hydrogen) atoms. The number of rotatable bonds is 13. The van der Waals surface area contributed by atoms with E-state index in [1.165, 1.54) is 0 Å². The molecule has 258 valence electrons. The van der Waals surface area contributed by atoms with Crippen molar-refractivity contribution >= 4 is 12.2 Å². The molecule has 0 radical (unpaired) electrons. The average molecular weight is 667 g/mol. The van der Waals surface area contributed by atoms with Crippen molar-refractivity contribution < 1.29 is 33.3 Å². The number of hydrogen-bond donors (Lipinski definition) is 1. The molecular weight excluding hydrogens is 620 g/mol. The minimum absolute atomic E-state index is 0.0827. The van der Waals surface area contributed by atoms with Gasteiger partial charge < -0.3 is 29.0 Å². The fraction of sp³-hybridized carbons (Fsp3) is 0.350. The van der Waals surface area contributed by atoms with Crippen LogP contribution in [-0.4, -0.2) is 60.1 Å². The summed E-state index contributed by atoms with van der Waals surface area (Å²) >= 11 is 0. The molecule has 1 fully saturated rings. The zero-order valence-corrected chi connectivity index (χ0v) is 28.4. The van der Waals surface area contributed by atoms with Crippen molar-refractivity contribution in [2.24, 2.45) is 0 Å². The first-order chi connectivity index (χ1) is 23.7. The Balaban J connectivity index is 1.46. The number of amides is 2. The van der Waals surface area contributed by atoms with Gasteiger partial charge in [0.2, 0.25) is 0 Å². The lowest BCUT2D eigenvalue weighted by molar-refractivity contribution is -0.164. The molecule has 1 N–H and O–H groups in total. The fourth-order valence-electron chi connectivity index (χ4n) is 5.66. The highest BCUT2D eigenvalue weighted by Gasteiger charge is 2.49. The molecule has 1 saturated heterocycles. The van der Waals surface area contributed by atoms with Gasteiger partial charge in [0.15, 0.2) is 0 Å². The lowest BCUT2D eigenvalue weighted by Gasteiger charge is -2.48. The van der Waals surface area contributed by atoms with E-state index in [1.807, 2.05) is 142 Å². The van der Waals surface area contributed by atoms with Crippen LogP contribution < -0.4 is 5.32 Å². The fourth-order valence-corrected chi connectivity index (χ4v) is 5.66. The van der Waals surface area contributed by atoms with Crippen LogP contribution in [0.3, 0.4) is 0 Å². The molecule has 2 amide bonds. The van der Waals surface area contributed by atoms with Crippen LogP contribution in [0.1, 0.15) is 43.0 Å². The number of carbonyl (C=O) groups excluding carboxylic acids is 2. The number of alkyl carbamates (subject to hydrolysis) is 1. The second-order valence-electron chi connectivity index (χ2n) is 13.0. The van der Waals surface area contributed by atoms with Crippen molar-refractivity contribution in [2.45, 2.75) is 77.1 Å². The molecule has 1 aliphatic rings. The largest absolute Gasteiger partial charge is 0.445 e. The maximum atomic E-state index is 13.9. The van der Waals surface area contributed by atoms with E-state index >= 15 is 0 Å². The number of benzene rings is 4. The Kier molecular flexibility index (Phi) is 12.8. The Morgan fingerprint density at radius 1 is 0.653 bits per heavy atom. The Bertz CT molecular complexity index is 1570. The van der Waals surface area contributed by atoms with E-state index in [9.17, 15) is 9.59 Å². The summed E-state index contributed by atoms with van der Waals surface area (Å²) in [6, 6.07) is 37.6. The highest BCUT2D eigenvalue weighted by atomic mass is 16.6. The van der Waals surface area contributed by atoms with E-state index in [-0.39, 0.29) is 33.0 Å². The summed E-state index contributed by atoms with van der Waals surface area (Å²) in [5.74, 6) is 0. The van der Waals surface area contributed by atoms with Crippen LogP contribution >= 0.6 is 0 Å². The van der Waals surface area contributed by atoms with Gasteiger partial charge in [-0.15, -0.1) is 0 Å². The molecule has 0 spiro atoms. The molecule has 4 aromatic carbocycles. The van der Waals surface area contributed by atoms with E-state index < -0.39 is 42.1 Å².